The van der Waals surface area contributed by atoms with E-state index in [0.717, 1.165) is 0 Å². The molecule has 0 atom stereocenters. The number of Topliss-reactive ketones (excluding diaryl/α,β-unsaturated/α-hetero) is 1. The van der Waals surface area contributed by atoms with Gasteiger partial charge in [0.2, 0.25) is 0 Å². The van der Waals surface area contributed by atoms with Gasteiger partial charge in [-0.3, -0.25) is 9.59 Å². The number of para-hydroxylation sites is 1. The van der Waals surface area contributed by atoms with Gasteiger partial charge in [0.15, 0.2) is 17.3 Å². The molecule has 110 valence electrons. The highest BCUT2D eigenvalue weighted by Gasteiger charge is 2.20. The van der Waals surface area contributed by atoms with Gasteiger partial charge < -0.3 is 14.2 Å². The lowest BCUT2D eigenvalue weighted by Crippen LogP contribution is -2.13. The molecule has 5 nitrogen and oxygen atoms in total. The van der Waals surface area contributed by atoms with E-state index in [1.54, 1.807) is 25.1 Å². The smallest absolute Gasteiger partial charge is 0.313 e. The molecule has 0 radical (unpaired) electrons. The lowest BCUT2D eigenvalue weighted by Gasteiger charge is -2.14. The van der Waals surface area contributed by atoms with Gasteiger partial charge in [-0.05, 0) is 32.9 Å². The van der Waals surface area contributed by atoms with Crippen LogP contribution in [0.1, 0.15) is 37.6 Å². The van der Waals surface area contributed by atoms with Crippen LogP contribution < -0.4 is 9.47 Å². The van der Waals surface area contributed by atoms with Crippen LogP contribution >= 0.6 is 0 Å². The molecule has 0 aromatic heterocycles. The van der Waals surface area contributed by atoms with Crippen LogP contribution in [0.15, 0.2) is 18.2 Å². The summed E-state index contributed by atoms with van der Waals surface area (Å²) in [6.45, 7) is 6.50. The molecule has 0 fully saturated rings. The highest BCUT2D eigenvalue weighted by atomic mass is 16.5. The molecular formula is C15H20O5. The van der Waals surface area contributed by atoms with Crippen LogP contribution in [-0.4, -0.2) is 31.6 Å². The number of ether oxygens (including phenoxy) is 3. The van der Waals surface area contributed by atoms with E-state index in [1.807, 2.05) is 13.8 Å². The second-order valence-corrected chi connectivity index (χ2v) is 3.90. The normalized spacial score (nSPS) is 9.95. The summed E-state index contributed by atoms with van der Waals surface area (Å²) < 4.78 is 15.7. The Morgan fingerprint density at radius 1 is 1.00 bits per heavy atom. The summed E-state index contributed by atoms with van der Waals surface area (Å²) in [6.07, 6.45) is -0.302. The Labute approximate surface area is 118 Å². The van der Waals surface area contributed by atoms with Crippen LogP contribution in [0.4, 0.5) is 0 Å². The van der Waals surface area contributed by atoms with Gasteiger partial charge in [-0.1, -0.05) is 6.07 Å². The number of ketones is 1. The Hall–Kier alpha value is -2.04. The molecule has 0 saturated carbocycles. The van der Waals surface area contributed by atoms with Crippen molar-refractivity contribution in [1.29, 1.82) is 0 Å². The molecule has 0 aliphatic heterocycles. The molecule has 0 heterocycles. The van der Waals surface area contributed by atoms with Crippen LogP contribution in [0.3, 0.4) is 0 Å². The van der Waals surface area contributed by atoms with Gasteiger partial charge in [-0.25, -0.2) is 0 Å². The van der Waals surface area contributed by atoms with Crippen LogP contribution in [0.5, 0.6) is 11.5 Å². The first-order valence-corrected chi connectivity index (χ1v) is 6.71. The van der Waals surface area contributed by atoms with E-state index in [4.69, 9.17) is 14.2 Å². The highest BCUT2D eigenvalue weighted by Crippen LogP contribution is 2.32. The van der Waals surface area contributed by atoms with Crippen molar-refractivity contribution in [2.45, 2.75) is 27.2 Å². The van der Waals surface area contributed by atoms with Crippen molar-refractivity contribution in [2.24, 2.45) is 0 Å². The van der Waals surface area contributed by atoms with Crippen molar-refractivity contribution in [1.82, 2.24) is 0 Å². The number of carbonyl (C=O) groups excluding carboxylic acids is 2. The third-order valence-electron chi connectivity index (χ3n) is 2.48. The predicted molar refractivity (Wildman–Crippen MR) is 74.4 cm³/mol. The molecule has 0 spiro atoms. The molecule has 0 aliphatic carbocycles. The first-order chi connectivity index (χ1) is 9.63. The Morgan fingerprint density at radius 2 is 1.70 bits per heavy atom. The first-order valence-electron chi connectivity index (χ1n) is 6.71. The van der Waals surface area contributed by atoms with Crippen LogP contribution in [0.25, 0.3) is 0 Å². The minimum absolute atomic E-state index is 0.253. The fraction of sp³-hybridized carbons (Fsp3) is 0.467. The summed E-state index contributed by atoms with van der Waals surface area (Å²) >= 11 is 0. The average molecular weight is 280 g/mol. The maximum atomic E-state index is 12.1. The monoisotopic (exact) mass is 280 g/mol. The number of hydrogen-bond acceptors (Lipinski definition) is 5. The highest BCUT2D eigenvalue weighted by molar-refractivity contribution is 6.08. The van der Waals surface area contributed by atoms with E-state index < -0.39 is 5.97 Å². The second-order valence-electron chi connectivity index (χ2n) is 3.90. The first kappa shape index (κ1) is 16.0. The Kier molecular flexibility index (Phi) is 6.56. The van der Waals surface area contributed by atoms with Crippen LogP contribution in [0, 0.1) is 0 Å². The van der Waals surface area contributed by atoms with E-state index in [-0.39, 0.29) is 18.8 Å². The van der Waals surface area contributed by atoms with Gasteiger partial charge in [0.05, 0.1) is 25.4 Å². The standard InChI is InChI=1S/C15H20O5/c1-4-18-13-9-7-8-11(15(13)20-6-3)12(16)10-14(17)19-5-2/h7-9H,4-6,10H2,1-3H3. The molecule has 20 heavy (non-hydrogen) atoms. The largest absolute Gasteiger partial charge is 0.490 e. The van der Waals surface area contributed by atoms with Crippen molar-refractivity contribution in [2.75, 3.05) is 19.8 Å². The number of hydrogen-bond donors (Lipinski definition) is 0. The fourth-order valence-electron chi connectivity index (χ4n) is 1.74. The molecule has 1 aromatic rings. The fourth-order valence-corrected chi connectivity index (χ4v) is 1.74. The topological polar surface area (TPSA) is 61.8 Å². The maximum Gasteiger partial charge on any atom is 0.313 e. The van der Waals surface area contributed by atoms with E-state index in [0.29, 0.717) is 30.3 Å². The van der Waals surface area contributed by atoms with Gasteiger partial charge in [0.25, 0.3) is 0 Å². The van der Waals surface area contributed by atoms with Crippen molar-refractivity contribution >= 4 is 11.8 Å². The molecular weight excluding hydrogens is 260 g/mol. The minimum atomic E-state index is -0.540. The minimum Gasteiger partial charge on any atom is -0.490 e. The molecule has 0 aliphatic rings. The van der Waals surface area contributed by atoms with Gasteiger partial charge in [-0.2, -0.15) is 0 Å². The zero-order valence-electron chi connectivity index (χ0n) is 12.1. The molecule has 5 heteroatoms. The number of rotatable bonds is 8. The SMILES string of the molecule is CCOC(=O)CC(=O)c1cccc(OCC)c1OCC. The molecule has 1 rings (SSSR count). The van der Waals surface area contributed by atoms with Gasteiger partial charge in [0.1, 0.15) is 6.42 Å². The summed E-state index contributed by atoms with van der Waals surface area (Å²) in [4.78, 5) is 23.5. The van der Waals surface area contributed by atoms with Crippen molar-refractivity contribution < 1.29 is 23.8 Å². The lowest BCUT2D eigenvalue weighted by molar-refractivity contribution is -0.141. The number of esters is 1. The van der Waals surface area contributed by atoms with Gasteiger partial charge in [0, 0.05) is 0 Å². The summed E-state index contributed by atoms with van der Waals surface area (Å²) in [5.41, 5.74) is 0.339. The third-order valence-corrected chi connectivity index (χ3v) is 2.48. The lowest BCUT2D eigenvalue weighted by atomic mass is 10.1. The summed E-state index contributed by atoms with van der Waals surface area (Å²) in [5, 5.41) is 0. The quantitative estimate of drug-likeness (QED) is 0.416. The zero-order chi connectivity index (χ0) is 15.0. The summed E-state index contributed by atoms with van der Waals surface area (Å²) in [5.74, 6) is 0.00502. The molecule has 0 N–H and O–H groups in total. The zero-order valence-corrected chi connectivity index (χ0v) is 12.1. The van der Waals surface area contributed by atoms with Gasteiger partial charge in [-0.15, -0.1) is 0 Å². The maximum absolute atomic E-state index is 12.1. The molecule has 0 amide bonds. The van der Waals surface area contributed by atoms with Crippen molar-refractivity contribution in [3.05, 3.63) is 23.8 Å². The molecule has 0 unspecified atom stereocenters. The second kappa shape index (κ2) is 8.19. The van der Waals surface area contributed by atoms with E-state index >= 15 is 0 Å². The Balaban J connectivity index is 3.00. The van der Waals surface area contributed by atoms with Crippen molar-refractivity contribution in [3.8, 4) is 11.5 Å². The average Bonchev–Trinajstić information content (AvgIpc) is 2.41. The Bertz CT molecular complexity index is 467. The van der Waals surface area contributed by atoms with Crippen LogP contribution in [0.2, 0.25) is 0 Å². The molecule has 0 bridgehead atoms. The van der Waals surface area contributed by atoms with Crippen LogP contribution in [-0.2, 0) is 9.53 Å². The Morgan fingerprint density at radius 3 is 2.30 bits per heavy atom. The molecule has 1 aromatic carbocycles. The van der Waals surface area contributed by atoms with Gasteiger partial charge >= 0.3 is 5.97 Å². The van der Waals surface area contributed by atoms with E-state index in [2.05, 4.69) is 0 Å². The number of carbonyl (C=O) groups is 2. The number of benzene rings is 1. The summed E-state index contributed by atoms with van der Waals surface area (Å²) in [6, 6.07) is 5.05. The van der Waals surface area contributed by atoms with E-state index in [9.17, 15) is 9.59 Å². The molecule has 0 saturated heterocycles. The van der Waals surface area contributed by atoms with Crippen molar-refractivity contribution in [3.63, 3.8) is 0 Å². The third kappa shape index (κ3) is 4.26. The summed E-state index contributed by atoms with van der Waals surface area (Å²) in [7, 11) is 0. The van der Waals surface area contributed by atoms with E-state index in [1.165, 1.54) is 0 Å². The predicted octanol–water partition coefficient (Wildman–Crippen LogP) is 2.62.